The average molecular weight is 394 g/mol. The van der Waals surface area contributed by atoms with Crippen molar-refractivity contribution in [1.82, 2.24) is 9.97 Å². The predicted molar refractivity (Wildman–Crippen MR) is 117 cm³/mol. The summed E-state index contributed by atoms with van der Waals surface area (Å²) in [7, 11) is 0. The molecule has 0 radical (unpaired) electrons. The highest BCUT2D eigenvalue weighted by molar-refractivity contribution is 6.28. The van der Waals surface area contributed by atoms with E-state index < -0.39 is 11.8 Å². The molecule has 0 saturated heterocycles. The molecule has 0 saturated carbocycles. The van der Waals surface area contributed by atoms with Gasteiger partial charge in [-0.05, 0) is 47.0 Å². The molecule has 30 heavy (non-hydrogen) atoms. The molecule has 0 atom stereocenters. The van der Waals surface area contributed by atoms with E-state index in [4.69, 9.17) is 0 Å². The van der Waals surface area contributed by atoms with Gasteiger partial charge in [-0.3, -0.25) is 9.59 Å². The maximum atomic E-state index is 13.0. The van der Waals surface area contributed by atoms with E-state index in [1.165, 1.54) is 0 Å². The summed E-state index contributed by atoms with van der Waals surface area (Å²) in [5, 5.41) is 5.35. The molecule has 0 spiro atoms. The number of nitrogens with zero attached hydrogens (tertiary/aromatic N) is 2. The fourth-order valence-electron chi connectivity index (χ4n) is 3.00. The molecule has 2 aromatic rings. The first-order chi connectivity index (χ1) is 14.7. The van der Waals surface area contributed by atoms with Crippen molar-refractivity contribution in [2.75, 3.05) is 10.6 Å². The van der Waals surface area contributed by atoms with E-state index in [-0.39, 0.29) is 5.57 Å². The summed E-state index contributed by atoms with van der Waals surface area (Å²) in [5.41, 5.74) is 2.67. The minimum Gasteiger partial charge on any atom is -0.306 e. The topological polar surface area (TPSA) is 84.0 Å². The summed E-state index contributed by atoms with van der Waals surface area (Å²) in [5.74, 6) is -0.399. The van der Waals surface area contributed by atoms with Crippen molar-refractivity contribution in [2.45, 2.75) is 0 Å². The van der Waals surface area contributed by atoms with Crippen LogP contribution in [0.1, 0.15) is 5.56 Å². The zero-order chi connectivity index (χ0) is 20.8. The SMILES string of the molecule is O=C(Nc1ccccn1)C(=Cc1ccc2cccccc1-2)C(=O)Nc1ccccn1. The number of fused-ring (bicyclic) bond motifs is 1. The minimum atomic E-state index is -0.559. The van der Waals surface area contributed by atoms with Crippen LogP contribution in [-0.4, -0.2) is 21.8 Å². The van der Waals surface area contributed by atoms with Gasteiger partial charge in [0.1, 0.15) is 17.2 Å². The van der Waals surface area contributed by atoms with Gasteiger partial charge in [-0.2, -0.15) is 0 Å². The van der Waals surface area contributed by atoms with E-state index in [9.17, 15) is 9.59 Å². The van der Waals surface area contributed by atoms with Crippen molar-refractivity contribution >= 4 is 29.5 Å². The Kier molecular flexibility index (Phi) is 5.57. The van der Waals surface area contributed by atoms with Crippen LogP contribution in [0.2, 0.25) is 0 Å². The highest BCUT2D eigenvalue weighted by atomic mass is 16.2. The molecule has 2 aliphatic rings. The van der Waals surface area contributed by atoms with Gasteiger partial charge in [0.05, 0.1) is 0 Å². The molecule has 146 valence electrons. The summed E-state index contributed by atoms with van der Waals surface area (Å²) in [6.45, 7) is 0. The van der Waals surface area contributed by atoms with Crippen LogP contribution in [0.3, 0.4) is 0 Å². The predicted octanol–water partition coefficient (Wildman–Crippen LogP) is 4.24. The van der Waals surface area contributed by atoms with Crippen molar-refractivity contribution in [2.24, 2.45) is 0 Å². The molecule has 2 N–H and O–H groups in total. The van der Waals surface area contributed by atoms with Crippen LogP contribution in [0.15, 0.2) is 96.8 Å². The molecule has 2 amide bonds. The van der Waals surface area contributed by atoms with E-state index in [0.717, 1.165) is 16.7 Å². The summed E-state index contributed by atoms with van der Waals surface area (Å²) >= 11 is 0. The highest BCUT2D eigenvalue weighted by Gasteiger charge is 2.21. The highest BCUT2D eigenvalue weighted by Crippen LogP contribution is 2.29. The van der Waals surface area contributed by atoms with Gasteiger partial charge in [-0.25, -0.2) is 9.97 Å². The van der Waals surface area contributed by atoms with Crippen LogP contribution in [0.25, 0.3) is 17.2 Å². The quantitative estimate of drug-likeness (QED) is 0.301. The number of amides is 2. The molecule has 0 fully saturated rings. The van der Waals surface area contributed by atoms with Crippen LogP contribution in [0, 0.1) is 0 Å². The maximum Gasteiger partial charge on any atom is 0.262 e. The summed E-state index contributed by atoms with van der Waals surface area (Å²) in [6, 6.07) is 23.9. The maximum absolute atomic E-state index is 13.0. The lowest BCUT2D eigenvalue weighted by Crippen LogP contribution is -2.26. The molecule has 0 unspecified atom stereocenters. The van der Waals surface area contributed by atoms with E-state index in [2.05, 4.69) is 20.6 Å². The number of carbonyl (C=O) groups is 2. The summed E-state index contributed by atoms with van der Waals surface area (Å²) < 4.78 is 0. The molecule has 2 aromatic heterocycles. The Morgan fingerprint density at radius 3 is 1.87 bits per heavy atom. The van der Waals surface area contributed by atoms with Gasteiger partial charge in [-0.1, -0.05) is 54.6 Å². The molecule has 0 aromatic carbocycles. The van der Waals surface area contributed by atoms with Crippen LogP contribution < -0.4 is 10.6 Å². The number of rotatable bonds is 5. The summed E-state index contributed by atoms with van der Waals surface area (Å²) in [4.78, 5) is 34.1. The van der Waals surface area contributed by atoms with E-state index in [1.54, 1.807) is 54.9 Å². The van der Waals surface area contributed by atoms with Gasteiger partial charge in [0.15, 0.2) is 0 Å². The van der Waals surface area contributed by atoms with Crippen molar-refractivity contribution in [3.8, 4) is 11.1 Å². The number of anilines is 2. The normalized spacial score (nSPS) is 10.3. The van der Waals surface area contributed by atoms with Gasteiger partial charge in [0, 0.05) is 12.4 Å². The Labute approximate surface area is 173 Å². The smallest absolute Gasteiger partial charge is 0.262 e. The first-order valence-corrected chi connectivity index (χ1v) is 9.35. The zero-order valence-corrected chi connectivity index (χ0v) is 15.9. The molecular weight excluding hydrogens is 376 g/mol. The monoisotopic (exact) mass is 394 g/mol. The first kappa shape index (κ1) is 19.0. The molecule has 2 aliphatic carbocycles. The van der Waals surface area contributed by atoms with Crippen molar-refractivity contribution in [1.29, 1.82) is 0 Å². The van der Waals surface area contributed by atoms with Crippen LogP contribution in [-0.2, 0) is 9.59 Å². The lowest BCUT2D eigenvalue weighted by atomic mass is 10.1. The largest absolute Gasteiger partial charge is 0.306 e. The Morgan fingerprint density at radius 2 is 1.27 bits per heavy atom. The first-order valence-electron chi connectivity index (χ1n) is 9.35. The number of pyridine rings is 2. The Balaban J connectivity index is 1.70. The minimum absolute atomic E-state index is 0.0506. The summed E-state index contributed by atoms with van der Waals surface area (Å²) in [6.07, 6.45) is 4.72. The van der Waals surface area contributed by atoms with Crippen molar-refractivity contribution < 1.29 is 9.59 Å². The second-order valence-corrected chi connectivity index (χ2v) is 6.46. The molecule has 6 heteroatoms. The standard InChI is InChI=1S/C24H18N4O2/c29-23(27-21-10-4-6-14-25-21)20(24(30)28-22-11-5-7-15-26-22)16-18-13-12-17-8-2-1-3-9-19(17)18/h1-16H,(H,25,27,29)(H,26,28,30). The number of hydrogen-bond donors (Lipinski definition) is 2. The third-order valence-corrected chi connectivity index (χ3v) is 4.43. The fourth-order valence-corrected chi connectivity index (χ4v) is 3.00. The molecule has 0 bridgehead atoms. The van der Waals surface area contributed by atoms with E-state index in [0.29, 0.717) is 11.6 Å². The number of aromatic nitrogens is 2. The average Bonchev–Trinajstić information content (AvgIpc) is 2.98. The molecule has 2 heterocycles. The van der Waals surface area contributed by atoms with E-state index >= 15 is 0 Å². The third kappa shape index (κ3) is 4.39. The van der Waals surface area contributed by atoms with Crippen LogP contribution in [0.4, 0.5) is 11.6 Å². The van der Waals surface area contributed by atoms with E-state index in [1.807, 2.05) is 42.5 Å². The van der Waals surface area contributed by atoms with Gasteiger partial charge in [-0.15, -0.1) is 0 Å². The molecule has 6 nitrogen and oxygen atoms in total. The molecule has 4 rings (SSSR count). The second-order valence-electron chi connectivity index (χ2n) is 6.46. The third-order valence-electron chi connectivity index (χ3n) is 4.43. The number of hydrogen-bond acceptors (Lipinski definition) is 4. The number of nitrogens with one attached hydrogen (secondary N) is 2. The van der Waals surface area contributed by atoms with Gasteiger partial charge >= 0.3 is 0 Å². The Hall–Kier alpha value is -4.32. The van der Waals surface area contributed by atoms with Gasteiger partial charge in [0.25, 0.3) is 11.8 Å². The Bertz CT molecular complexity index is 1120. The fraction of sp³-hybridized carbons (Fsp3) is 0. The molecular formula is C24H18N4O2. The lowest BCUT2D eigenvalue weighted by molar-refractivity contribution is -0.118. The van der Waals surface area contributed by atoms with Crippen molar-refractivity contribution in [3.05, 3.63) is 102 Å². The molecule has 0 aliphatic heterocycles. The van der Waals surface area contributed by atoms with Crippen LogP contribution >= 0.6 is 0 Å². The van der Waals surface area contributed by atoms with Gasteiger partial charge < -0.3 is 10.6 Å². The van der Waals surface area contributed by atoms with Gasteiger partial charge in [0.2, 0.25) is 0 Å². The van der Waals surface area contributed by atoms with Crippen molar-refractivity contribution in [3.63, 3.8) is 0 Å². The number of carbonyl (C=O) groups excluding carboxylic acids is 2. The van der Waals surface area contributed by atoms with Crippen LogP contribution in [0.5, 0.6) is 0 Å². The Morgan fingerprint density at radius 1 is 0.667 bits per heavy atom. The zero-order valence-electron chi connectivity index (χ0n) is 15.9. The second kappa shape index (κ2) is 8.79. The lowest BCUT2D eigenvalue weighted by Gasteiger charge is -2.09.